The maximum Gasteiger partial charge on any atom is 0.323 e. The monoisotopic (exact) mass is 245 g/mol. The molecule has 0 saturated heterocycles. The van der Waals surface area contributed by atoms with E-state index in [1.807, 2.05) is 11.9 Å². The molecule has 2 unspecified atom stereocenters. The highest BCUT2D eigenvalue weighted by molar-refractivity contribution is 5.78. The van der Waals surface area contributed by atoms with Crippen molar-refractivity contribution in [2.45, 2.75) is 52.1 Å². The highest BCUT2D eigenvalue weighted by atomic mass is 16.5. The van der Waals surface area contributed by atoms with Gasteiger partial charge in [-0.25, -0.2) is 0 Å². The van der Waals surface area contributed by atoms with Gasteiger partial charge in [0.15, 0.2) is 0 Å². The summed E-state index contributed by atoms with van der Waals surface area (Å²) >= 11 is 0. The molecule has 2 atom stereocenters. The van der Waals surface area contributed by atoms with Gasteiger partial charge in [0.2, 0.25) is 0 Å². The summed E-state index contributed by atoms with van der Waals surface area (Å²) in [6.45, 7) is 8.61. The third kappa shape index (κ3) is 4.64. The van der Waals surface area contributed by atoms with Gasteiger partial charge in [-0.3, -0.25) is 9.69 Å². The molecule has 4 nitrogen and oxygen atoms in total. The fourth-order valence-corrected chi connectivity index (χ4v) is 2.06. The molecule has 0 radical (unpaired) electrons. The summed E-state index contributed by atoms with van der Waals surface area (Å²) in [6.07, 6.45) is 1.49. The van der Waals surface area contributed by atoms with Crippen LogP contribution in [0.3, 0.4) is 0 Å². The topological polar surface area (TPSA) is 49.8 Å². The zero-order valence-electron chi connectivity index (χ0n) is 12.0. The van der Waals surface area contributed by atoms with Gasteiger partial charge in [0.05, 0.1) is 0 Å². The molecule has 0 aromatic rings. The van der Waals surface area contributed by atoms with Crippen LogP contribution in [0, 0.1) is 5.92 Å². The number of hydrogen-bond donors (Lipinski definition) is 1. The molecular weight excluding hydrogens is 218 g/mol. The van der Waals surface area contributed by atoms with Crippen LogP contribution in [0.25, 0.3) is 0 Å². The van der Waals surface area contributed by atoms with Gasteiger partial charge < -0.3 is 9.84 Å². The molecule has 0 spiro atoms. The summed E-state index contributed by atoms with van der Waals surface area (Å²) in [6, 6.07) is 0.243. The molecule has 0 rings (SSSR count). The van der Waals surface area contributed by atoms with Gasteiger partial charge in [0, 0.05) is 19.8 Å². The van der Waals surface area contributed by atoms with Crippen molar-refractivity contribution in [3.8, 4) is 0 Å². The molecule has 0 fully saturated rings. The Hall–Kier alpha value is -0.610. The van der Waals surface area contributed by atoms with Crippen LogP contribution in [-0.4, -0.2) is 48.3 Å². The average Bonchev–Trinajstić information content (AvgIpc) is 2.23. The molecule has 0 aliphatic carbocycles. The van der Waals surface area contributed by atoms with Gasteiger partial charge in [-0.15, -0.1) is 0 Å². The van der Waals surface area contributed by atoms with Crippen molar-refractivity contribution >= 4 is 5.97 Å². The molecule has 0 aliphatic rings. The Balaban J connectivity index is 4.74. The Morgan fingerprint density at radius 1 is 1.41 bits per heavy atom. The molecule has 1 N–H and O–H groups in total. The average molecular weight is 245 g/mol. The van der Waals surface area contributed by atoms with Gasteiger partial charge in [0.25, 0.3) is 0 Å². The van der Waals surface area contributed by atoms with E-state index >= 15 is 0 Å². The molecule has 102 valence electrons. The summed E-state index contributed by atoms with van der Waals surface area (Å²) in [5.41, 5.74) is -0.857. The first-order chi connectivity index (χ1) is 7.75. The fraction of sp³-hybridized carbons (Fsp3) is 0.923. The van der Waals surface area contributed by atoms with Gasteiger partial charge >= 0.3 is 5.97 Å². The summed E-state index contributed by atoms with van der Waals surface area (Å²) < 4.78 is 5.01. The molecular formula is C13H27NO3. The standard InChI is InChI=1S/C13H27NO3/c1-10(2)9-11(3)14(5)13(4,12(15)16)7-8-17-6/h10-11H,7-9H2,1-6H3,(H,15,16). The van der Waals surface area contributed by atoms with E-state index in [1.165, 1.54) is 0 Å². The molecule has 0 amide bonds. The number of carboxylic acid groups (broad SMARTS) is 1. The van der Waals surface area contributed by atoms with Crippen LogP contribution in [0.2, 0.25) is 0 Å². The molecule has 0 saturated carbocycles. The number of carboxylic acids is 1. The van der Waals surface area contributed by atoms with Gasteiger partial charge in [-0.05, 0) is 39.7 Å². The molecule has 0 heterocycles. The lowest BCUT2D eigenvalue weighted by molar-refractivity contribution is -0.152. The van der Waals surface area contributed by atoms with Crippen LogP contribution in [0.5, 0.6) is 0 Å². The van der Waals surface area contributed by atoms with Crippen LogP contribution in [0.1, 0.15) is 40.5 Å². The molecule has 17 heavy (non-hydrogen) atoms. The lowest BCUT2D eigenvalue weighted by Gasteiger charge is -2.39. The Morgan fingerprint density at radius 3 is 2.29 bits per heavy atom. The van der Waals surface area contributed by atoms with Gasteiger partial charge in [0.1, 0.15) is 5.54 Å². The molecule has 0 aromatic heterocycles. The second-order valence-corrected chi connectivity index (χ2v) is 5.41. The van der Waals surface area contributed by atoms with E-state index in [9.17, 15) is 9.90 Å². The van der Waals surface area contributed by atoms with Crippen molar-refractivity contribution in [1.82, 2.24) is 4.90 Å². The number of ether oxygens (including phenoxy) is 1. The van der Waals surface area contributed by atoms with Gasteiger partial charge in [-0.1, -0.05) is 13.8 Å². The number of hydrogen-bond acceptors (Lipinski definition) is 3. The predicted octanol–water partition coefficient (Wildman–Crippen LogP) is 2.23. The highest BCUT2D eigenvalue weighted by Crippen LogP contribution is 2.23. The SMILES string of the molecule is COCCC(C)(C(=O)O)N(C)C(C)CC(C)C. The molecule has 4 heteroatoms. The summed E-state index contributed by atoms with van der Waals surface area (Å²) in [7, 11) is 3.48. The van der Waals surface area contributed by atoms with Crippen molar-refractivity contribution in [2.75, 3.05) is 20.8 Å². The zero-order chi connectivity index (χ0) is 13.6. The smallest absolute Gasteiger partial charge is 0.323 e. The minimum absolute atomic E-state index is 0.243. The predicted molar refractivity (Wildman–Crippen MR) is 69.2 cm³/mol. The highest BCUT2D eigenvalue weighted by Gasteiger charge is 2.39. The Bertz CT molecular complexity index is 243. The van der Waals surface area contributed by atoms with Crippen LogP contribution < -0.4 is 0 Å². The maximum absolute atomic E-state index is 11.5. The Labute approximate surface area is 105 Å². The van der Waals surface area contributed by atoms with Crippen LogP contribution in [-0.2, 0) is 9.53 Å². The summed E-state index contributed by atoms with van der Waals surface area (Å²) in [5, 5.41) is 9.42. The third-order valence-electron chi connectivity index (χ3n) is 3.51. The minimum Gasteiger partial charge on any atom is -0.480 e. The zero-order valence-corrected chi connectivity index (χ0v) is 12.0. The van der Waals surface area contributed by atoms with E-state index in [1.54, 1.807) is 14.0 Å². The van der Waals surface area contributed by atoms with Crippen molar-refractivity contribution in [2.24, 2.45) is 5.92 Å². The molecule has 0 aromatic carbocycles. The number of likely N-dealkylation sites (N-methyl/N-ethyl adjacent to an activating group) is 1. The van der Waals surface area contributed by atoms with Crippen molar-refractivity contribution in [3.05, 3.63) is 0 Å². The third-order valence-corrected chi connectivity index (χ3v) is 3.51. The van der Waals surface area contributed by atoms with Crippen LogP contribution in [0.4, 0.5) is 0 Å². The molecule has 0 aliphatic heterocycles. The normalized spacial score (nSPS) is 17.2. The first kappa shape index (κ1) is 16.4. The van der Waals surface area contributed by atoms with E-state index in [0.29, 0.717) is 18.9 Å². The maximum atomic E-state index is 11.5. The largest absolute Gasteiger partial charge is 0.480 e. The first-order valence-electron chi connectivity index (χ1n) is 6.21. The number of rotatable bonds is 8. The number of nitrogens with zero attached hydrogens (tertiary/aromatic N) is 1. The number of aliphatic carboxylic acids is 1. The van der Waals surface area contributed by atoms with E-state index in [-0.39, 0.29) is 6.04 Å². The minimum atomic E-state index is -0.857. The summed E-state index contributed by atoms with van der Waals surface area (Å²) in [5.74, 6) is -0.222. The van der Waals surface area contributed by atoms with Crippen LogP contribution >= 0.6 is 0 Å². The lowest BCUT2D eigenvalue weighted by atomic mass is 9.92. The second-order valence-electron chi connectivity index (χ2n) is 5.41. The van der Waals surface area contributed by atoms with E-state index in [2.05, 4.69) is 20.8 Å². The number of carbonyl (C=O) groups is 1. The molecule has 0 bridgehead atoms. The van der Waals surface area contributed by atoms with Crippen molar-refractivity contribution < 1.29 is 14.6 Å². The lowest BCUT2D eigenvalue weighted by Crippen LogP contribution is -2.54. The second kappa shape index (κ2) is 6.97. The quantitative estimate of drug-likeness (QED) is 0.712. The van der Waals surface area contributed by atoms with E-state index < -0.39 is 11.5 Å². The van der Waals surface area contributed by atoms with E-state index in [4.69, 9.17) is 4.74 Å². The van der Waals surface area contributed by atoms with Gasteiger partial charge in [-0.2, -0.15) is 0 Å². The van der Waals surface area contributed by atoms with E-state index in [0.717, 1.165) is 6.42 Å². The summed E-state index contributed by atoms with van der Waals surface area (Å²) in [4.78, 5) is 13.4. The number of methoxy groups -OCH3 is 1. The first-order valence-corrected chi connectivity index (χ1v) is 6.21. The Kier molecular flexibility index (Phi) is 6.72. The van der Waals surface area contributed by atoms with Crippen molar-refractivity contribution in [3.63, 3.8) is 0 Å². The Morgan fingerprint density at radius 2 is 1.94 bits per heavy atom. The van der Waals surface area contributed by atoms with Crippen LogP contribution in [0.15, 0.2) is 0 Å². The van der Waals surface area contributed by atoms with Crippen molar-refractivity contribution in [1.29, 1.82) is 0 Å². The fourth-order valence-electron chi connectivity index (χ4n) is 2.06.